The lowest BCUT2D eigenvalue weighted by atomic mass is 10.2. The van der Waals surface area contributed by atoms with E-state index in [9.17, 15) is 13.6 Å². The summed E-state index contributed by atoms with van der Waals surface area (Å²) in [6.45, 7) is 5.05. The van der Waals surface area contributed by atoms with Crippen molar-refractivity contribution in [2.45, 2.75) is 52.0 Å². The van der Waals surface area contributed by atoms with Gasteiger partial charge in [0.05, 0.1) is 5.69 Å². The van der Waals surface area contributed by atoms with E-state index in [0.717, 1.165) is 28.7 Å². The molecule has 3 heterocycles. The maximum Gasteiger partial charge on any atom is 0.280 e. The smallest absolute Gasteiger partial charge is 0.280 e. The molecule has 1 aliphatic carbocycles. The van der Waals surface area contributed by atoms with Crippen molar-refractivity contribution in [1.82, 2.24) is 29.7 Å². The van der Waals surface area contributed by atoms with Gasteiger partial charge in [-0.2, -0.15) is 10.2 Å². The van der Waals surface area contributed by atoms with Gasteiger partial charge in [-0.05, 0) is 45.2 Å². The predicted molar refractivity (Wildman–Crippen MR) is 98.6 cm³/mol. The summed E-state index contributed by atoms with van der Waals surface area (Å²) in [5, 5.41) is 11.2. The molecule has 1 saturated carbocycles. The van der Waals surface area contributed by atoms with E-state index in [4.69, 9.17) is 0 Å². The van der Waals surface area contributed by atoms with Crippen molar-refractivity contribution in [2.75, 3.05) is 6.54 Å². The van der Waals surface area contributed by atoms with E-state index >= 15 is 0 Å². The van der Waals surface area contributed by atoms with E-state index in [-0.39, 0.29) is 23.0 Å². The predicted octanol–water partition coefficient (Wildman–Crippen LogP) is 3.18. The van der Waals surface area contributed by atoms with Crippen LogP contribution in [0.1, 0.15) is 64.9 Å². The number of aromatic nitrogens is 5. The van der Waals surface area contributed by atoms with Crippen LogP contribution in [0.25, 0.3) is 5.65 Å². The summed E-state index contributed by atoms with van der Waals surface area (Å²) in [4.78, 5) is 16.8. The van der Waals surface area contributed by atoms with Gasteiger partial charge in [-0.15, -0.1) is 0 Å². The molecule has 28 heavy (non-hydrogen) atoms. The molecule has 0 radical (unpaired) electrons. The first-order valence-corrected chi connectivity index (χ1v) is 9.40. The second-order valence-electron chi connectivity index (χ2n) is 7.24. The molecule has 0 spiro atoms. The number of nitrogens with zero attached hydrogens (tertiary/aromatic N) is 5. The molecule has 0 bridgehead atoms. The van der Waals surface area contributed by atoms with Gasteiger partial charge < -0.3 is 5.32 Å². The molecular weight excluding hydrogens is 366 g/mol. The number of nitrogens with one attached hydrogen (secondary N) is 1. The van der Waals surface area contributed by atoms with Crippen LogP contribution in [0.15, 0.2) is 18.2 Å². The fourth-order valence-electron chi connectivity index (χ4n) is 3.30. The number of alkyl halides is 2. The Morgan fingerprint density at radius 3 is 2.68 bits per heavy atom. The van der Waals surface area contributed by atoms with E-state index < -0.39 is 12.3 Å². The molecule has 1 N–H and O–H groups in total. The summed E-state index contributed by atoms with van der Waals surface area (Å²) in [5.74, 6) is -0.156. The standard InChI is InChI=1S/C19H22F2N6O/c1-11-8-12(2)26(24-11)7-3-6-22-19(28)15-10-17-23-14(13-4-5-13)9-16(18(20)21)27(17)25-15/h8-10,13,18H,3-7H2,1-2H3,(H,22,28). The summed E-state index contributed by atoms with van der Waals surface area (Å²) in [5.41, 5.74) is 2.83. The van der Waals surface area contributed by atoms with Crippen molar-refractivity contribution in [1.29, 1.82) is 0 Å². The molecule has 3 aromatic heterocycles. The number of hydrogen-bond donors (Lipinski definition) is 1. The van der Waals surface area contributed by atoms with Crippen LogP contribution in [0.5, 0.6) is 0 Å². The highest BCUT2D eigenvalue weighted by molar-refractivity contribution is 5.93. The lowest BCUT2D eigenvalue weighted by Gasteiger charge is -2.06. The van der Waals surface area contributed by atoms with Crippen molar-refractivity contribution in [3.63, 3.8) is 0 Å². The number of carbonyl (C=O) groups is 1. The molecule has 1 amide bonds. The zero-order valence-corrected chi connectivity index (χ0v) is 15.8. The number of rotatable bonds is 7. The van der Waals surface area contributed by atoms with Crippen molar-refractivity contribution in [3.8, 4) is 0 Å². The van der Waals surface area contributed by atoms with Crippen molar-refractivity contribution >= 4 is 11.6 Å². The Morgan fingerprint density at radius 2 is 2.04 bits per heavy atom. The first-order valence-electron chi connectivity index (χ1n) is 9.40. The quantitative estimate of drug-likeness (QED) is 0.631. The molecule has 3 aromatic rings. The number of carbonyl (C=O) groups excluding carboxylic acids is 1. The molecule has 9 heteroatoms. The Hall–Kier alpha value is -2.84. The van der Waals surface area contributed by atoms with E-state index in [2.05, 4.69) is 20.5 Å². The number of hydrogen-bond acceptors (Lipinski definition) is 4. The molecule has 148 valence electrons. The lowest BCUT2D eigenvalue weighted by molar-refractivity contribution is 0.0946. The molecule has 0 saturated heterocycles. The van der Waals surface area contributed by atoms with Crippen LogP contribution in [-0.4, -0.2) is 36.8 Å². The fraction of sp³-hybridized carbons (Fsp3) is 0.474. The average Bonchev–Trinajstić information content (AvgIpc) is 3.33. The highest BCUT2D eigenvalue weighted by Gasteiger charge is 2.28. The minimum Gasteiger partial charge on any atom is -0.351 e. The largest absolute Gasteiger partial charge is 0.351 e. The van der Waals surface area contributed by atoms with Gasteiger partial charge in [0, 0.05) is 36.5 Å². The molecule has 0 aromatic carbocycles. The van der Waals surface area contributed by atoms with E-state index in [1.807, 2.05) is 24.6 Å². The van der Waals surface area contributed by atoms with Gasteiger partial charge in [0.25, 0.3) is 12.3 Å². The first kappa shape index (κ1) is 18.5. The SMILES string of the molecule is Cc1cc(C)n(CCCNC(=O)c2cc3nc(C4CC4)cc(C(F)F)n3n2)n1. The zero-order valence-electron chi connectivity index (χ0n) is 15.8. The third kappa shape index (κ3) is 3.74. The average molecular weight is 388 g/mol. The monoisotopic (exact) mass is 388 g/mol. The molecular formula is C19H22F2N6O. The molecule has 0 atom stereocenters. The van der Waals surface area contributed by atoms with Gasteiger partial charge in [0.1, 0.15) is 5.69 Å². The summed E-state index contributed by atoms with van der Waals surface area (Å²) < 4.78 is 29.8. The number of halogens is 2. The van der Waals surface area contributed by atoms with Crippen molar-refractivity contribution in [3.05, 3.63) is 46.7 Å². The molecule has 1 aliphatic rings. The molecule has 1 fully saturated rings. The van der Waals surface area contributed by atoms with Crippen LogP contribution in [0.4, 0.5) is 8.78 Å². The highest BCUT2D eigenvalue weighted by Crippen LogP contribution is 2.40. The fourth-order valence-corrected chi connectivity index (χ4v) is 3.30. The summed E-state index contributed by atoms with van der Waals surface area (Å²) in [7, 11) is 0. The van der Waals surface area contributed by atoms with Crippen LogP contribution in [0.2, 0.25) is 0 Å². The summed E-state index contributed by atoms with van der Waals surface area (Å²) in [6, 6.07) is 4.87. The second kappa shape index (κ2) is 7.29. The maximum absolute atomic E-state index is 13.4. The maximum atomic E-state index is 13.4. The third-order valence-electron chi connectivity index (χ3n) is 4.86. The minimum absolute atomic E-state index is 0.0912. The summed E-state index contributed by atoms with van der Waals surface area (Å²) >= 11 is 0. The van der Waals surface area contributed by atoms with E-state index in [1.54, 1.807) is 0 Å². The second-order valence-corrected chi connectivity index (χ2v) is 7.24. The van der Waals surface area contributed by atoms with Gasteiger partial charge >= 0.3 is 0 Å². The Morgan fingerprint density at radius 1 is 1.25 bits per heavy atom. The topological polar surface area (TPSA) is 77.1 Å². The van der Waals surface area contributed by atoms with Gasteiger partial charge in [0.15, 0.2) is 11.3 Å². The molecule has 4 rings (SSSR count). The highest BCUT2D eigenvalue weighted by atomic mass is 19.3. The number of fused-ring (bicyclic) bond motifs is 1. The first-order chi connectivity index (χ1) is 13.4. The Balaban J connectivity index is 1.43. The van der Waals surface area contributed by atoms with Crippen LogP contribution in [-0.2, 0) is 6.54 Å². The van der Waals surface area contributed by atoms with Crippen LogP contribution in [0.3, 0.4) is 0 Å². The zero-order chi connectivity index (χ0) is 19.8. The Bertz CT molecular complexity index is 1020. The minimum atomic E-state index is -2.68. The Kier molecular flexibility index (Phi) is 4.82. The van der Waals surface area contributed by atoms with Crippen molar-refractivity contribution < 1.29 is 13.6 Å². The normalized spacial score (nSPS) is 14.2. The van der Waals surface area contributed by atoms with Gasteiger partial charge in [-0.1, -0.05) is 0 Å². The lowest BCUT2D eigenvalue weighted by Crippen LogP contribution is -2.26. The van der Waals surface area contributed by atoms with Crippen LogP contribution in [0, 0.1) is 13.8 Å². The third-order valence-corrected chi connectivity index (χ3v) is 4.86. The van der Waals surface area contributed by atoms with Gasteiger partial charge in [0.2, 0.25) is 0 Å². The molecule has 7 nitrogen and oxygen atoms in total. The van der Waals surface area contributed by atoms with Crippen molar-refractivity contribution in [2.24, 2.45) is 0 Å². The number of aryl methyl sites for hydroxylation is 3. The number of amides is 1. The molecule has 0 unspecified atom stereocenters. The summed E-state index contributed by atoms with van der Waals surface area (Å²) in [6.07, 6.45) is -0.0573. The Labute approximate surface area is 160 Å². The van der Waals surface area contributed by atoms with Crippen LogP contribution < -0.4 is 5.32 Å². The van der Waals surface area contributed by atoms with Crippen LogP contribution >= 0.6 is 0 Å². The van der Waals surface area contributed by atoms with E-state index in [0.29, 0.717) is 25.2 Å². The van der Waals surface area contributed by atoms with E-state index in [1.165, 1.54) is 12.1 Å². The van der Waals surface area contributed by atoms with Gasteiger partial charge in [-0.25, -0.2) is 18.3 Å². The molecule has 0 aliphatic heterocycles. The van der Waals surface area contributed by atoms with Gasteiger partial charge in [-0.3, -0.25) is 9.48 Å².